The number of aromatic hydroxyl groups is 1. The maximum Gasteiger partial charge on any atom is 0.182 e. The number of methoxy groups -OCH3 is 1. The van der Waals surface area contributed by atoms with E-state index in [2.05, 4.69) is 12.1 Å². The Morgan fingerprint density at radius 1 is 0.880 bits per heavy atom. The van der Waals surface area contributed by atoms with Gasteiger partial charge in [-0.05, 0) is 41.3 Å². The van der Waals surface area contributed by atoms with E-state index in [1.807, 2.05) is 48.5 Å². The van der Waals surface area contributed by atoms with Gasteiger partial charge in [-0.25, -0.2) is 0 Å². The molecule has 1 aromatic heterocycles. The van der Waals surface area contributed by atoms with Crippen molar-refractivity contribution in [1.29, 1.82) is 0 Å². The highest BCUT2D eigenvalue weighted by Gasteiger charge is 2.14. The maximum atomic E-state index is 10.4. The molecule has 0 spiro atoms. The third-order valence-electron chi connectivity index (χ3n) is 4.00. The zero-order valence-corrected chi connectivity index (χ0v) is 14.4. The number of benzene rings is 3. The van der Waals surface area contributed by atoms with Crippen LogP contribution in [0.5, 0.6) is 22.3 Å². The zero-order chi connectivity index (χ0) is 17.2. The smallest absolute Gasteiger partial charge is 0.182 e. The highest BCUT2D eigenvalue weighted by molar-refractivity contribution is 7.20. The number of hydrogen-bond donors (Lipinski definition) is 1. The van der Waals surface area contributed by atoms with Crippen LogP contribution in [0.1, 0.15) is 0 Å². The molecule has 3 aromatic carbocycles. The minimum absolute atomic E-state index is 0.184. The highest BCUT2D eigenvalue weighted by Crippen LogP contribution is 2.42. The Morgan fingerprint density at radius 3 is 2.44 bits per heavy atom. The monoisotopic (exact) mass is 348 g/mol. The second kappa shape index (κ2) is 6.49. The molecule has 4 aromatic rings. The summed E-state index contributed by atoms with van der Waals surface area (Å²) in [6.45, 7) is 0. The molecule has 124 valence electrons. The Kier molecular flexibility index (Phi) is 4.04. The van der Waals surface area contributed by atoms with E-state index in [0.717, 1.165) is 21.8 Å². The van der Waals surface area contributed by atoms with E-state index in [1.54, 1.807) is 30.6 Å². The number of ether oxygens (including phenoxy) is 2. The summed E-state index contributed by atoms with van der Waals surface area (Å²) in [7, 11) is 1.63. The van der Waals surface area contributed by atoms with E-state index >= 15 is 0 Å². The van der Waals surface area contributed by atoms with Crippen molar-refractivity contribution in [2.75, 3.05) is 7.11 Å². The molecule has 0 aliphatic rings. The summed E-state index contributed by atoms with van der Waals surface area (Å²) < 4.78 is 12.5. The molecule has 0 saturated carbocycles. The first-order valence-corrected chi connectivity index (χ1v) is 8.69. The van der Waals surface area contributed by atoms with Crippen molar-refractivity contribution in [3.63, 3.8) is 0 Å². The lowest BCUT2D eigenvalue weighted by molar-refractivity contribution is 0.415. The van der Waals surface area contributed by atoms with Crippen molar-refractivity contribution in [3.05, 3.63) is 72.8 Å². The zero-order valence-electron chi connectivity index (χ0n) is 13.6. The molecule has 0 atom stereocenters. The summed E-state index contributed by atoms with van der Waals surface area (Å²) in [5, 5.41) is 12.3. The number of fused-ring (bicyclic) bond motifs is 1. The first-order valence-electron chi connectivity index (χ1n) is 7.87. The Morgan fingerprint density at radius 2 is 1.68 bits per heavy atom. The van der Waals surface area contributed by atoms with Gasteiger partial charge in [-0.2, -0.15) is 0 Å². The van der Waals surface area contributed by atoms with Crippen molar-refractivity contribution in [3.8, 4) is 33.4 Å². The fourth-order valence-electron chi connectivity index (χ4n) is 2.77. The molecule has 0 bridgehead atoms. The molecule has 0 aliphatic carbocycles. The standard InChI is InChI=1S/C21H16O3S/c1-23-16-11-9-14(10-12-16)21-17(22)6-4-7-18(21)24-20-13-15-5-2-3-8-19(15)25-20/h2-13,22H,1H3. The minimum atomic E-state index is 0.184. The average molecular weight is 348 g/mol. The number of rotatable bonds is 4. The molecular weight excluding hydrogens is 332 g/mol. The highest BCUT2D eigenvalue weighted by atomic mass is 32.1. The van der Waals surface area contributed by atoms with Crippen molar-refractivity contribution in [2.24, 2.45) is 0 Å². The minimum Gasteiger partial charge on any atom is -0.507 e. The van der Waals surface area contributed by atoms with Crippen LogP contribution in [0.25, 0.3) is 21.2 Å². The van der Waals surface area contributed by atoms with Gasteiger partial charge in [0.2, 0.25) is 0 Å². The van der Waals surface area contributed by atoms with Gasteiger partial charge in [0.05, 0.1) is 12.7 Å². The summed E-state index contributed by atoms with van der Waals surface area (Å²) in [5.41, 5.74) is 1.54. The lowest BCUT2D eigenvalue weighted by Crippen LogP contribution is -1.88. The third kappa shape index (κ3) is 3.04. The van der Waals surface area contributed by atoms with Gasteiger partial charge in [-0.1, -0.05) is 47.7 Å². The number of phenols is 1. The van der Waals surface area contributed by atoms with Crippen LogP contribution < -0.4 is 9.47 Å². The van der Waals surface area contributed by atoms with Gasteiger partial charge in [0.1, 0.15) is 17.2 Å². The van der Waals surface area contributed by atoms with Gasteiger partial charge in [0.15, 0.2) is 5.06 Å². The maximum absolute atomic E-state index is 10.4. The van der Waals surface area contributed by atoms with Crippen molar-refractivity contribution in [2.45, 2.75) is 0 Å². The number of thiophene rings is 1. The predicted octanol–water partition coefficient (Wildman–Crippen LogP) is 6.07. The summed E-state index contributed by atoms with van der Waals surface area (Å²) in [6.07, 6.45) is 0. The normalized spacial score (nSPS) is 10.8. The SMILES string of the molecule is COc1ccc(-c2c(O)cccc2Oc2cc3ccccc3s2)cc1. The summed E-state index contributed by atoms with van der Waals surface area (Å²) >= 11 is 1.58. The average Bonchev–Trinajstić information content (AvgIpc) is 3.04. The van der Waals surface area contributed by atoms with Crippen LogP contribution in [0.15, 0.2) is 72.8 Å². The summed E-state index contributed by atoms with van der Waals surface area (Å²) in [6, 6.07) is 23.0. The molecule has 0 amide bonds. The van der Waals surface area contributed by atoms with Crippen LogP contribution >= 0.6 is 11.3 Å². The van der Waals surface area contributed by atoms with E-state index in [4.69, 9.17) is 9.47 Å². The fourth-order valence-corrected chi connectivity index (χ4v) is 3.69. The lowest BCUT2D eigenvalue weighted by atomic mass is 10.0. The van der Waals surface area contributed by atoms with Crippen molar-refractivity contribution >= 4 is 21.4 Å². The Labute approximate surface area is 149 Å². The third-order valence-corrected chi connectivity index (χ3v) is 4.99. The van der Waals surface area contributed by atoms with Crippen LogP contribution in [0, 0.1) is 0 Å². The number of hydrogen-bond acceptors (Lipinski definition) is 4. The lowest BCUT2D eigenvalue weighted by Gasteiger charge is -2.12. The van der Waals surface area contributed by atoms with Gasteiger partial charge in [0.25, 0.3) is 0 Å². The van der Waals surface area contributed by atoms with E-state index < -0.39 is 0 Å². The molecule has 1 heterocycles. The largest absolute Gasteiger partial charge is 0.507 e. The fraction of sp³-hybridized carbons (Fsp3) is 0.0476. The Balaban J connectivity index is 1.75. The molecule has 0 saturated heterocycles. The molecule has 0 unspecified atom stereocenters. The van der Waals surface area contributed by atoms with Crippen LogP contribution in [0.4, 0.5) is 0 Å². The van der Waals surface area contributed by atoms with Gasteiger partial charge >= 0.3 is 0 Å². The molecule has 0 radical (unpaired) electrons. The quantitative estimate of drug-likeness (QED) is 0.486. The first-order chi connectivity index (χ1) is 12.2. The first kappa shape index (κ1) is 15.5. The Hall–Kier alpha value is -2.98. The molecule has 25 heavy (non-hydrogen) atoms. The number of phenolic OH excluding ortho intramolecular Hbond substituents is 1. The van der Waals surface area contributed by atoms with Gasteiger partial charge < -0.3 is 14.6 Å². The van der Waals surface area contributed by atoms with Crippen LogP contribution in [0.2, 0.25) is 0 Å². The predicted molar refractivity (Wildman–Crippen MR) is 102 cm³/mol. The molecule has 0 fully saturated rings. The van der Waals surface area contributed by atoms with E-state index in [-0.39, 0.29) is 5.75 Å². The van der Waals surface area contributed by atoms with Gasteiger partial charge in [-0.3, -0.25) is 0 Å². The topological polar surface area (TPSA) is 38.7 Å². The van der Waals surface area contributed by atoms with Crippen LogP contribution in [-0.2, 0) is 0 Å². The van der Waals surface area contributed by atoms with E-state index in [1.165, 1.54) is 4.70 Å². The van der Waals surface area contributed by atoms with Gasteiger partial charge in [0, 0.05) is 10.8 Å². The van der Waals surface area contributed by atoms with Crippen LogP contribution in [0.3, 0.4) is 0 Å². The molecule has 1 N–H and O–H groups in total. The van der Waals surface area contributed by atoms with Crippen molar-refractivity contribution in [1.82, 2.24) is 0 Å². The molecular formula is C21H16O3S. The molecule has 4 rings (SSSR count). The second-order valence-corrected chi connectivity index (χ2v) is 6.63. The molecule has 4 heteroatoms. The van der Waals surface area contributed by atoms with E-state index in [0.29, 0.717) is 11.3 Å². The van der Waals surface area contributed by atoms with Gasteiger partial charge in [-0.15, -0.1) is 0 Å². The summed E-state index contributed by atoms with van der Waals surface area (Å²) in [4.78, 5) is 0. The second-order valence-electron chi connectivity index (χ2n) is 5.58. The molecule has 0 aliphatic heterocycles. The van der Waals surface area contributed by atoms with Crippen molar-refractivity contribution < 1.29 is 14.6 Å². The Bertz CT molecular complexity index is 986. The molecule has 3 nitrogen and oxygen atoms in total. The van der Waals surface area contributed by atoms with E-state index in [9.17, 15) is 5.11 Å². The summed E-state index contributed by atoms with van der Waals surface area (Å²) in [5.74, 6) is 1.58. The van der Waals surface area contributed by atoms with Crippen LogP contribution in [-0.4, -0.2) is 12.2 Å².